The van der Waals surface area contributed by atoms with Crippen LogP contribution in [0.1, 0.15) is 43.0 Å². The number of likely N-dealkylation sites (tertiary alicyclic amines) is 1. The van der Waals surface area contributed by atoms with Crippen molar-refractivity contribution in [1.82, 2.24) is 9.21 Å². The molecule has 8 nitrogen and oxygen atoms in total. The molecule has 2 heterocycles. The minimum atomic E-state index is -3.48. The highest BCUT2D eigenvalue weighted by Crippen LogP contribution is 2.25. The first-order valence-electron chi connectivity index (χ1n) is 11.7. The van der Waals surface area contributed by atoms with Gasteiger partial charge in [-0.2, -0.15) is 4.31 Å². The molecular formula is C25H31N3O5S. The average Bonchev–Trinajstić information content (AvgIpc) is 3.40. The van der Waals surface area contributed by atoms with Gasteiger partial charge in [0.05, 0.1) is 10.9 Å². The summed E-state index contributed by atoms with van der Waals surface area (Å²) in [5.74, 6) is -0.0607. The zero-order valence-corrected chi connectivity index (χ0v) is 20.1. The molecule has 0 spiro atoms. The Bertz CT molecular complexity index is 1120. The quantitative estimate of drug-likeness (QED) is 0.584. The van der Waals surface area contributed by atoms with Crippen LogP contribution in [0.3, 0.4) is 0 Å². The molecule has 2 aromatic carbocycles. The van der Waals surface area contributed by atoms with E-state index in [0.29, 0.717) is 50.3 Å². The monoisotopic (exact) mass is 485 g/mol. The first-order valence-corrected chi connectivity index (χ1v) is 13.2. The summed E-state index contributed by atoms with van der Waals surface area (Å²) in [6.45, 7) is 4.21. The van der Waals surface area contributed by atoms with Crippen molar-refractivity contribution in [3.8, 4) is 5.75 Å². The molecule has 0 aromatic heterocycles. The number of nitrogens with one attached hydrogen (secondary N) is 1. The lowest BCUT2D eigenvalue weighted by molar-refractivity contribution is -0.121. The second-order valence-electron chi connectivity index (χ2n) is 9.02. The van der Waals surface area contributed by atoms with E-state index in [1.165, 1.54) is 28.6 Å². The number of aromatic hydroxyl groups is 1. The van der Waals surface area contributed by atoms with Gasteiger partial charge in [0.25, 0.3) is 0 Å². The van der Waals surface area contributed by atoms with Gasteiger partial charge in [0.1, 0.15) is 5.75 Å². The Morgan fingerprint density at radius 2 is 1.53 bits per heavy atom. The van der Waals surface area contributed by atoms with Crippen molar-refractivity contribution in [2.24, 2.45) is 5.92 Å². The van der Waals surface area contributed by atoms with Gasteiger partial charge in [0.15, 0.2) is 5.78 Å². The lowest BCUT2D eigenvalue weighted by Crippen LogP contribution is -2.47. The second-order valence-corrected chi connectivity index (χ2v) is 11.0. The van der Waals surface area contributed by atoms with E-state index in [1.807, 2.05) is 6.92 Å². The van der Waals surface area contributed by atoms with E-state index in [9.17, 15) is 23.1 Å². The predicted molar refractivity (Wildman–Crippen MR) is 129 cm³/mol. The lowest BCUT2D eigenvalue weighted by Gasteiger charge is -2.34. The van der Waals surface area contributed by atoms with Gasteiger partial charge in [-0.1, -0.05) is 0 Å². The molecule has 0 saturated carbocycles. The molecule has 2 N–H and O–H groups in total. The Morgan fingerprint density at radius 1 is 0.941 bits per heavy atom. The van der Waals surface area contributed by atoms with Crippen LogP contribution in [0.15, 0.2) is 53.4 Å². The van der Waals surface area contributed by atoms with E-state index in [4.69, 9.17) is 0 Å². The summed E-state index contributed by atoms with van der Waals surface area (Å²) in [7, 11) is -3.48. The van der Waals surface area contributed by atoms with Crippen molar-refractivity contribution < 1.29 is 23.1 Å². The van der Waals surface area contributed by atoms with Crippen molar-refractivity contribution in [2.45, 2.75) is 43.5 Å². The number of phenols is 1. The number of piperidine rings is 1. The average molecular weight is 486 g/mol. The summed E-state index contributed by atoms with van der Waals surface area (Å²) >= 11 is 0. The molecule has 2 aliphatic rings. The minimum absolute atomic E-state index is 0.0701. The van der Waals surface area contributed by atoms with Gasteiger partial charge < -0.3 is 10.4 Å². The number of phenolic OH excluding ortho intramolecular Hbond substituents is 1. The summed E-state index contributed by atoms with van der Waals surface area (Å²) in [6.07, 6.45) is 3.10. The lowest BCUT2D eigenvalue weighted by atomic mass is 9.88. The number of amides is 1. The number of ketones is 1. The molecule has 2 aliphatic heterocycles. The molecule has 1 amide bonds. The van der Waals surface area contributed by atoms with Crippen LogP contribution in [0.25, 0.3) is 0 Å². The normalized spacial score (nSPS) is 19.1. The predicted octanol–water partition coefficient (Wildman–Crippen LogP) is 3.10. The van der Waals surface area contributed by atoms with E-state index in [1.54, 1.807) is 24.3 Å². The first-order chi connectivity index (χ1) is 16.3. The number of nitrogens with zero attached hydrogens (tertiary/aromatic N) is 2. The van der Waals surface area contributed by atoms with Crippen molar-refractivity contribution in [2.75, 3.05) is 31.5 Å². The SMILES string of the molecule is CC(C(=O)Nc1ccc(S(=O)(=O)N2CCCC2)cc1)N1CCC(C(=O)c2ccc(O)cc2)CC1. The Hall–Kier alpha value is -2.75. The van der Waals surface area contributed by atoms with Crippen molar-refractivity contribution in [3.05, 3.63) is 54.1 Å². The van der Waals surface area contributed by atoms with Gasteiger partial charge in [-0.05, 0) is 94.2 Å². The number of anilines is 1. The molecule has 182 valence electrons. The number of carbonyl (C=O) groups is 2. The molecule has 2 aromatic rings. The number of hydrogen-bond donors (Lipinski definition) is 2. The number of hydrogen-bond acceptors (Lipinski definition) is 6. The van der Waals surface area contributed by atoms with Crippen LogP contribution >= 0.6 is 0 Å². The van der Waals surface area contributed by atoms with E-state index < -0.39 is 10.0 Å². The number of Topliss-reactive ketones (excluding diaryl/α,β-unsaturated/α-hetero) is 1. The topological polar surface area (TPSA) is 107 Å². The van der Waals surface area contributed by atoms with Crippen LogP contribution in [0.4, 0.5) is 5.69 Å². The highest BCUT2D eigenvalue weighted by atomic mass is 32.2. The molecular weight excluding hydrogens is 454 g/mol. The smallest absolute Gasteiger partial charge is 0.243 e. The summed E-state index contributed by atoms with van der Waals surface area (Å²) in [5.41, 5.74) is 1.15. The Morgan fingerprint density at radius 3 is 2.12 bits per heavy atom. The highest BCUT2D eigenvalue weighted by Gasteiger charge is 2.31. The van der Waals surface area contributed by atoms with Crippen LogP contribution in [-0.4, -0.2) is 66.6 Å². The Kier molecular flexibility index (Phi) is 7.35. The zero-order valence-electron chi connectivity index (χ0n) is 19.3. The minimum Gasteiger partial charge on any atom is -0.508 e. The van der Waals surface area contributed by atoms with Gasteiger partial charge in [0, 0.05) is 30.3 Å². The van der Waals surface area contributed by atoms with Crippen LogP contribution < -0.4 is 5.32 Å². The van der Waals surface area contributed by atoms with Crippen molar-refractivity contribution in [3.63, 3.8) is 0 Å². The molecule has 0 bridgehead atoms. The second kappa shape index (κ2) is 10.2. The summed E-state index contributed by atoms with van der Waals surface area (Å²) in [6, 6.07) is 12.3. The number of sulfonamides is 1. The third kappa shape index (κ3) is 5.32. The molecule has 2 fully saturated rings. The van der Waals surface area contributed by atoms with Crippen LogP contribution in [0.2, 0.25) is 0 Å². The molecule has 1 unspecified atom stereocenters. The van der Waals surface area contributed by atoms with Crippen molar-refractivity contribution >= 4 is 27.4 Å². The van der Waals surface area contributed by atoms with Crippen LogP contribution in [0, 0.1) is 5.92 Å². The summed E-state index contributed by atoms with van der Waals surface area (Å²) < 4.78 is 26.8. The maximum absolute atomic E-state index is 12.8. The number of benzene rings is 2. The van der Waals surface area contributed by atoms with E-state index in [2.05, 4.69) is 10.2 Å². The van der Waals surface area contributed by atoms with Gasteiger partial charge in [-0.25, -0.2) is 8.42 Å². The van der Waals surface area contributed by atoms with E-state index >= 15 is 0 Å². The zero-order chi connectivity index (χ0) is 24.3. The summed E-state index contributed by atoms with van der Waals surface area (Å²) in [4.78, 5) is 27.8. The van der Waals surface area contributed by atoms with Gasteiger partial charge >= 0.3 is 0 Å². The molecule has 2 saturated heterocycles. The van der Waals surface area contributed by atoms with E-state index in [-0.39, 0.29) is 34.3 Å². The van der Waals surface area contributed by atoms with Crippen molar-refractivity contribution in [1.29, 1.82) is 0 Å². The Balaban J connectivity index is 1.30. The van der Waals surface area contributed by atoms with Gasteiger partial charge in [0.2, 0.25) is 15.9 Å². The van der Waals surface area contributed by atoms with E-state index in [0.717, 1.165) is 12.8 Å². The maximum atomic E-state index is 12.8. The summed E-state index contributed by atoms with van der Waals surface area (Å²) in [5, 5.41) is 12.3. The largest absolute Gasteiger partial charge is 0.508 e. The van der Waals surface area contributed by atoms with Crippen LogP contribution in [0.5, 0.6) is 5.75 Å². The third-order valence-corrected chi connectivity index (χ3v) is 8.72. The molecule has 34 heavy (non-hydrogen) atoms. The fraction of sp³-hybridized carbons (Fsp3) is 0.440. The van der Waals surface area contributed by atoms with Gasteiger partial charge in [-0.3, -0.25) is 14.5 Å². The number of rotatable bonds is 7. The fourth-order valence-corrected chi connectivity index (χ4v) is 6.13. The molecule has 4 rings (SSSR count). The highest BCUT2D eigenvalue weighted by molar-refractivity contribution is 7.89. The van der Waals surface area contributed by atoms with Gasteiger partial charge in [-0.15, -0.1) is 0 Å². The Labute approximate surface area is 200 Å². The third-order valence-electron chi connectivity index (χ3n) is 6.80. The number of carbonyl (C=O) groups excluding carboxylic acids is 2. The fourth-order valence-electron chi connectivity index (χ4n) is 4.61. The molecule has 0 radical (unpaired) electrons. The molecule has 1 atom stereocenters. The molecule has 9 heteroatoms. The first kappa shape index (κ1) is 24.4. The maximum Gasteiger partial charge on any atom is 0.243 e. The standard InChI is InChI=1S/C25H31N3O5S/c1-18(27-16-12-20(13-17-27)24(30)19-4-8-22(29)9-5-19)25(31)26-21-6-10-23(11-7-21)34(32,33)28-14-2-3-15-28/h4-11,18,20,29H,2-3,12-17H2,1H3,(H,26,31). The molecule has 0 aliphatic carbocycles. The van der Waals surface area contributed by atoms with Crippen LogP contribution in [-0.2, 0) is 14.8 Å².